The number of aryl methyl sites for hydroxylation is 2. The first-order chi connectivity index (χ1) is 14.7. The van der Waals surface area contributed by atoms with Crippen LogP contribution in [0.15, 0.2) is 52.1 Å². The molecule has 3 rings (SSSR count). The highest BCUT2D eigenvalue weighted by Crippen LogP contribution is 2.29. The Hall–Kier alpha value is -2.50. The molecule has 0 bridgehead atoms. The van der Waals surface area contributed by atoms with Crippen LogP contribution >= 0.6 is 24.0 Å². The second kappa shape index (κ2) is 11.4. The van der Waals surface area contributed by atoms with Crippen LogP contribution in [0.2, 0.25) is 0 Å². The topological polar surface area (TPSA) is 67.4 Å². The molecule has 0 aliphatic heterocycles. The quantitative estimate of drug-likeness (QED) is 0.249. The van der Waals surface area contributed by atoms with Gasteiger partial charge in [0.25, 0.3) is 0 Å². The summed E-state index contributed by atoms with van der Waals surface area (Å²) in [6.07, 6.45) is -2.11. The van der Waals surface area contributed by atoms with E-state index in [4.69, 9.17) is 4.42 Å². The van der Waals surface area contributed by atoms with E-state index in [-0.39, 0.29) is 30.5 Å². The van der Waals surface area contributed by atoms with Gasteiger partial charge in [0.2, 0.25) is 0 Å². The molecule has 32 heavy (non-hydrogen) atoms. The Balaban J connectivity index is 0.00000363. The Bertz CT molecular complexity index is 1030. The number of nitrogens with one attached hydrogen (secondary N) is 2. The first-order valence-electron chi connectivity index (χ1n) is 9.94. The number of furan rings is 1. The smallest absolute Gasteiger partial charge is 0.416 e. The molecule has 2 heterocycles. The lowest BCUT2D eigenvalue weighted by molar-refractivity contribution is -0.137. The van der Waals surface area contributed by atoms with Gasteiger partial charge in [-0.2, -0.15) is 18.3 Å². The maximum absolute atomic E-state index is 13.0. The van der Waals surface area contributed by atoms with Crippen molar-refractivity contribution in [3.05, 3.63) is 76.5 Å². The van der Waals surface area contributed by atoms with Crippen molar-refractivity contribution < 1.29 is 17.6 Å². The highest BCUT2D eigenvalue weighted by atomic mass is 127. The first-order valence-corrected chi connectivity index (χ1v) is 9.94. The minimum Gasteiger partial charge on any atom is -0.469 e. The molecule has 0 unspecified atom stereocenters. The molecule has 3 aromatic rings. The summed E-state index contributed by atoms with van der Waals surface area (Å²) < 4.78 is 46.1. The number of aliphatic imine (C=N–C) groups is 1. The molecule has 1 aromatic carbocycles. The third-order valence-corrected chi connectivity index (χ3v) is 5.01. The van der Waals surface area contributed by atoms with Crippen LogP contribution in [0.1, 0.15) is 33.8 Å². The molecule has 0 spiro atoms. The molecule has 10 heteroatoms. The fourth-order valence-corrected chi connectivity index (χ4v) is 3.20. The van der Waals surface area contributed by atoms with Gasteiger partial charge in [-0.25, -0.2) is 4.99 Å². The minimum absolute atomic E-state index is 0. The van der Waals surface area contributed by atoms with Crippen molar-refractivity contribution in [3.8, 4) is 0 Å². The normalized spacial score (nSPS) is 11.9. The van der Waals surface area contributed by atoms with Crippen LogP contribution in [0.3, 0.4) is 0 Å². The average Bonchev–Trinajstić information content (AvgIpc) is 3.32. The summed E-state index contributed by atoms with van der Waals surface area (Å²) in [5.74, 6) is 1.34. The van der Waals surface area contributed by atoms with Gasteiger partial charge in [-0.1, -0.05) is 12.1 Å². The van der Waals surface area contributed by atoms with Crippen molar-refractivity contribution in [3.63, 3.8) is 0 Å². The second-order valence-electron chi connectivity index (χ2n) is 7.25. The van der Waals surface area contributed by atoms with Gasteiger partial charge in [-0.05, 0) is 43.7 Å². The lowest BCUT2D eigenvalue weighted by Gasteiger charge is -2.13. The Morgan fingerprint density at radius 2 is 1.94 bits per heavy atom. The summed E-state index contributed by atoms with van der Waals surface area (Å²) in [7, 11) is 1.89. The zero-order valence-corrected chi connectivity index (χ0v) is 20.5. The number of nitrogens with zero attached hydrogens (tertiary/aromatic N) is 3. The van der Waals surface area contributed by atoms with Crippen molar-refractivity contribution in [1.82, 2.24) is 20.4 Å². The Kier molecular flexibility index (Phi) is 9.17. The maximum atomic E-state index is 13.0. The highest BCUT2D eigenvalue weighted by molar-refractivity contribution is 14.0. The Labute approximate surface area is 202 Å². The molecule has 2 N–H and O–H groups in total. The largest absolute Gasteiger partial charge is 0.469 e. The zero-order valence-electron chi connectivity index (χ0n) is 18.2. The van der Waals surface area contributed by atoms with Crippen LogP contribution < -0.4 is 10.6 Å². The summed E-state index contributed by atoms with van der Waals surface area (Å²) in [4.78, 5) is 4.49. The number of benzene rings is 1. The molecule has 0 radical (unpaired) electrons. The monoisotopic (exact) mass is 561 g/mol. The second-order valence-corrected chi connectivity index (χ2v) is 7.25. The van der Waals surface area contributed by atoms with E-state index in [1.807, 2.05) is 37.7 Å². The van der Waals surface area contributed by atoms with Gasteiger partial charge >= 0.3 is 6.18 Å². The van der Waals surface area contributed by atoms with Gasteiger partial charge in [0, 0.05) is 37.8 Å². The van der Waals surface area contributed by atoms with Crippen LogP contribution in [0, 0.1) is 13.8 Å². The van der Waals surface area contributed by atoms with Gasteiger partial charge in [0.1, 0.15) is 5.76 Å². The first kappa shape index (κ1) is 25.8. The molecule has 0 fully saturated rings. The molecule has 0 saturated heterocycles. The molecule has 174 valence electrons. The van der Waals surface area contributed by atoms with E-state index in [1.165, 1.54) is 6.07 Å². The Morgan fingerprint density at radius 3 is 2.56 bits per heavy atom. The number of guanidine groups is 1. The third kappa shape index (κ3) is 7.01. The number of rotatable bonds is 7. The summed E-state index contributed by atoms with van der Waals surface area (Å²) >= 11 is 0. The molecule has 0 aliphatic rings. The number of alkyl halides is 3. The number of aromatic nitrogens is 2. The van der Waals surface area contributed by atoms with Crippen molar-refractivity contribution >= 4 is 29.9 Å². The van der Waals surface area contributed by atoms with Crippen LogP contribution in [0.4, 0.5) is 13.2 Å². The molecule has 0 saturated carbocycles. The van der Waals surface area contributed by atoms with Crippen molar-refractivity contribution in [2.75, 3.05) is 6.54 Å². The van der Waals surface area contributed by atoms with E-state index in [2.05, 4.69) is 20.7 Å². The van der Waals surface area contributed by atoms with E-state index in [1.54, 1.807) is 12.3 Å². The van der Waals surface area contributed by atoms with Gasteiger partial charge in [0.15, 0.2) is 5.96 Å². The predicted molar refractivity (Wildman–Crippen MR) is 128 cm³/mol. The summed E-state index contributed by atoms with van der Waals surface area (Å²) in [5, 5.41) is 10.9. The van der Waals surface area contributed by atoms with Crippen LogP contribution in [-0.4, -0.2) is 22.3 Å². The van der Waals surface area contributed by atoms with Gasteiger partial charge in [-0.15, -0.1) is 24.0 Å². The molecule has 0 amide bonds. The third-order valence-electron chi connectivity index (χ3n) is 5.01. The van der Waals surface area contributed by atoms with Crippen molar-refractivity contribution in [2.24, 2.45) is 12.0 Å². The van der Waals surface area contributed by atoms with E-state index < -0.39 is 11.7 Å². The Morgan fingerprint density at radius 1 is 1.16 bits per heavy atom. The molecular formula is C22H27F3IN5O. The summed E-state index contributed by atoms with van der Waals surface area (Å²) in [6, 6.07) is 8.92. The molecule has 0 aliphatic carbocycles. The fourth-order valence-electron chi connectivity index (χ4n) is 3.20. The molecule has 6 nitrogen and oxygen atoms in total. The zero-order chi connectivity index (χ0) is 22.4. The van der Waals surface area contributed by atoms with E-state index in [9.17, 15) is 13.2 Å². The number of halogens is 4. The standard InChI is InChI=1S/C22H26F3N5O.HI/c1-15-20(16(2)30(3)29-15)14-28-21(26-10-9-19-8-5-11-31-19)27-13-17-6-4-7-18(12-17)22(23,24)25;/h4-8,11-12H,9-10,13-14H2,1-3H3,(H2,26,27,28);1H. The summed E-state index contributed by atoms with van der Waals surface area (Å²) in [5.41, 5.74) is 2.82. The fraction of sp³-hybridized carbons (Fsp3) is 0.364. The van der Waals surface area contributed by atoms with Crippen LogP contribution in [-0.2, 0) is 32.7 Å². The molecule has 0 atom stereocenters. The minimum atomic E-state index is -4.38. The SMILES string of the molecule is Cc1nn(C)c(C)c1CNC(=NCc1cccc(C(F)(F)F)c1)NCCc1ccco1.I. The maximum Gasteiger partial charge on any atom is 0.416 e. The summed E-state index contributed by atoms with van der Waals surface area (Å²) in [6.45, 7) is 5.10. The molecule has 2 aromatic heterocycles. The van der Waals surface area contributed by atoms with E-state index in [0.717, 1.165) is 34.8 Å². The van der Waals surface area contributed by atoms with Crippen LogP contribution in [0.25, 0.3) is 0 Å². The predicted octanol–water partition coefficient (Wildman–Crippen LogP) is 4.74. The van der Waals surface area contributed by atoms with Crippen molar-refractivity contribution in [1.29, 1.82) is 0 Å². The highest BCUT2D eigenvalue weighted by Gasteiger charge is 2.30. The number of hydrogen-bond donors (Lipinski definition) is 2. The van der Waals surface area contributed by atoms with E-state index >= 15 is 0 Å². The van der Waals surface area contributed by atoms with Gasteiger partial charge in [0.05, 0.1) is 24.1 Å². The lowest BCUT2D eigenvalue weighted by atomic mass is 10.1. The van der Waals surface area contributed by atoms with Gasteiger partial charge < -0.3 is 15.1 Å². The average molecular weight is 561 g/mol. The lowest BCUT2D eigenvalue weighted by Crippen LogP contribution is -2.38. The van der Waals surface area contributed by atoms with Crippen molar-refractivity contribution in [2.45, 2.75) is 39.5 Å². The van der Waals surface area contributed by atoms with Crippen LogP contribution in [0.5, 0.6) is 0 Å². The van der Waals surface area contributed by atoms with E-state index in [0.29, 0.717) is 31.0 Å². The molecular weight excluding hydrogens is 534 g/mol. The number of hydrogen-bond acceptors (Lipinski definition) is 3. The van der Waals surface area contributed by atoms with Gasteiger partial charge in [-0.3, -0.25) is 4.68 Å².